The second-order valence-electron chi connectivity index (χ2n) is 4.16. The summed E-state index contributed by atoms with van der Waals surface area (Å²) in [6.07, 6.45) is -1.50. The molecular formula is C12H19NO8. The van der Waals surface area contributed by atoms with E-state index < -0.39 is 41.2 Å². The highest BCUT2D eigenvalue weighted by Gasteiger charge is 2.52. The molecule has 0 aromatic carbocycles. The van der Waals surface area contributed by atoms with E-state index in [0.29, 0.717) is 0 Å². The van der Waals surface area contributed by atoms with Crippen LogP contribution in [-0.2, 0) is 28.6 Å². The van der Waals surface area contributed by atoms with Crippen molar-refractivity contribution in [2.24, 2.45) is 0 Å². The summed E-state index contributed by atoms with van der Waals surface area (Å²) in [5.41, 5.74) is -2.17. The first-order valence-corrected chi connectivity index (χ1v) is 6.29. The number of methoxy groups -OCH3 is 2. The van der Waals surface area contributed by atoms with E-state index in [-0.39, 0.29) is 19.4 Å². The van der Waals surface area contributed by atoms with Crippen LogP contribution in [0.3, 0.4) is 0 Å². The molecule has 0 heterocycles. The zero-order chi connectivity index (χ0) is 16.5. The van der Waals surface area contributed by atoms with Crippen molar-refractivity contribution in [3.63, 3.8) is 0 Å². The van der Waals surface area contributed by atoms with Crippen LogP contribution in [0.1, 0.15) is 32.6 Å². The summed E-state index contributed by atoms with van der Waals surface area (Å²) in [6.45, 7) is 1.45. The van der Waals surface area contributed by atoms with Gasteiger partial charge in [0.25, 0.3) is 0 Å². The average molecular weight is 305 g/mol. The molecular weight excluding hydrogens is 286 g/mol. The van der Waals surface area contributed by atoms with Gasteiger partial charge in [-0.25, -0.2) is 4.79 Å². The van der Waals surface area contributed by atoms with Crippen LogP contribution in [0, 0.1) is 10.1 Å². The minimum absolute atomic E-state index is 0.0507. The third kappa shape index (κ3) is 5.36. The molecule has 21 heavy (non-hydrogen) atoms. The molecule has 0 fully saturated rings. The number of ether oxygens (including phenoxy) is 3. The lowest BCUT2D eigenvalue weighted by atomic mass is 9.88. The van der Waals surface area contributed by atoms with Crippen LogP contribution in [0.2, 0.25) is 0 Å². The summed E-state index contributed by atoms with van der Waals surface area (Å²) in [7, 11) is 2.27. The van der Waals surface area contributed by atoms with Crippen molar-refractivity contribution >= 4 is 17.9 Å². The van der Waals surface area contributed by atoms with Crippen molar-refractivity contribution in [1.82, 2.24) is 0 Å². The summed E-state index contributed by atoms with van der Waals surface area (Å²) in [5, 5.41) is 11.3. The van der Waals surface area contributed by atoms with E-state index in [9.17, 15) is 24.5 Å². The van der Waals surface area contributed by atoms with Gasteiger partial charge in [0.05, 0.1) is 33.7 Å². The van der Waals surface area contributed by atoms with Gasteiger partial charge >= 0.3 is 23.4 Å². The molecule has 0 spiro atoms. The highest BCUT2D eigenvalue weighted by atomic mass is 16.6. The first kappa shape index (κ1) is 18.8. The molecule has 0 N–H and O–H groups in total. The van der Waals surface area contributed by atoms with E-state index in [1.165, 1.54) is 6.92 Å². The van der Waals surface area contributed by atoms with Gasteiger partial charge in [-0.05, 0) is 6.92 Å². The molecule has 0 saturated heterocycles. The van der Waals surface area contributed by atoms with Gasteiger partial charge in [-0.2, -0.15) is 0 Å². The van der Waals surface area contributed by atoms with Crippen molar-refractivity contribution < 1.29 is 33.5 Å². The fraction of sp³-hybridized carbons (Fsp3) is 0.750. The zero-order valence-electron chi connectivity index (χ0n) is 12.2. The number of hydrogen-bond donors (Lipinski definition) is 0. The second kappa shape index (κ2) is 8.88. The first-order valence-electron chi connectivity index (χ1n) is 6.29. The topological polar surface area (TPSA) is 122 Å². The maximum atomic E-state index is 11.9. The number of esters is 3. The average Bonchev–Trinajstić information content (AvgIpc) is 2.46. The van der Waals surface area contributed by atoms with E-state index in [1.54, 1.807) is 0 Å². The summed E-state index contributed by atoms with van der Waals surface area (Å²) in [4.78, 5) is 44.8. The SMILES string of the molecule is CCOC(=O)C(CCC(=O)OC)(CCC(=O)OC)[N+](=O)[O-]. The van der Waals surface area contributed by atoms with Crippen LogP contribution in [0.25, 0.3) is 0 Å². The monoisotopic (exact) mass is 305 g/mol. The van der Waals surface area contributed by atoms with Crippen LogP contribution in [0.5, 0.6) is 0 Å². The van der Waals surface area contributed by atoms with E-state index in [0.717, 1.165) is 14.2 Å². The maximum Gasteiger partial charge on any atom is 0.384 e. The van der Waals surface area contributed by atoms with E-state index >= 15 is 0 Å². The number of nitro groups is 1. The molecule has 0 aliphatic heterocycles. The van der Waals surface area contributed by atoms with E-state index in [2.05, 4.69) is 9.47 Å². The lowest BCUT2D eigenvalue weighted by Crippen LogP contribution is -2.48. The Balaban J connectivity index is 5.23. The lowest BCUT2D eigenvalue weighted by molar-refractivity contribution is -0.557. The highest BCUT2D eigenvalue weighted by molar-refractivity contribution is 5.81. The van der Waals surface area contributed by atoms with Crippen LogP contribution >= 0.6 is 0 Å². The third-order valence-electron chi connectivity index (χ3n) is 2.95. The fourth-order valence-corrected chi connectivity index (χ4v) is 1.67. The predicted octanol–water partition coefficient (Wildman–Crippen LogP) is 0.471. The number of carbonyl (C=O) groups is 3. The molecule has 120 valence electrons. The molecule has 0 aliphatic rings. The number of hydrogen-bond acceptors (Lipinski definition) is 8. The smallest absolute Gasteiger partial charge is 0.384 e. The number of carbonyl (C=O) groups excluding carboxylic acids is 3. The fourth-order valence-electron chi connectivity index (χ4n) is 1.67. The summed E-state index contributed by atoms with van der Waals surface area (Å²) in [6, 6.07) is 0. The molecule has 0 amide bonds. The van der Waals surface area contributed by atoms with Gasteiger partial charge in [0.2, 0.25) is 0 Å². The van der Waals surface area contributed by atoms with E-state index in [1.807, 2.05) is 0 Å². The molecule has 0 atom stereocenters. The molecule has 0 aromatic rings. The summed E-state index contributed by atoms with van der Waals surface area (Å²) in [5.74, 6) is -2.46. The maximum absolute atomic E-state index is 11.9. The molecule has 0 aromatic heterocycles. The first-order chi connectivity index (χ1) is 9.83. The molecule has 0 saturated carbocycles. The Kier molecular flexibility index (Phi) is 7.95. The van der Waals surface area contributed by atoms with Gasteiger partial charge < -0.3 is 14.2 Å². The molecule has 9 nitrogen and oxygen atoms in total. The summed E-state index contributed by atoms with van der Waals surface area (Å²) >= 11 is 0. The van der Waals surface area contributed by atoms with Crippen molar-refractivity contribution in [1.29, 1.82) is 0 Å². The Hall–Kier alpha value is -2.19. The van der Waals surface area contributed by atoms with Crippen molar-refractivity contribution in [2.75, 3.05) is 20.8 Å². The molecule has 0 unspecified atom stereocenters. The molecule has 0 radical (unpaired) electrons. The zero-order valence-corrected chi connectivity index (χ0v) is 12.2. The van der Waals surface area contributed by atoms with Gasteiger partial charge in [0, 0.05) is 17.8 Å². The predicted molar refractivity (Wildman–Crippen MR) is 68.9 cm³/mol. The minimum atomic E-state index is -2.17. The number of rotatable bonds is 9. The highest BCUT2D eigenvalue weighted by Crippen LogP contribution is 2.26. The largest absolute Gasteiger partial charge is 0.469 e. The van der Waals surface area contributed by atoms with Gasteiger partial charge in [0.1, 0.15) is 0 Å². The van der Waals surface area contributed by atoms with Crippen LogP contribution in [-0.4, -0.2) is 49.2 Å². The van der Waals surface area contributed by atoms with Crippen molar-refractivity contribution in [3.8, 4) is 0 Å². The Bertz CT molecular complexity index is 386. The molecule has 0 bridgehead atoms. The Morgan fingerprint density at radius 3 is 1.76 bits per heavy atom. The van der Waals surface area contributed by atoms with Gasteiger partial charge in [-0.3, -0.25) is 19.7 Å². The standard InChI is InChI=1S/C12H19NO8/c1-4-21-11(16)12(13(17)18,7-5-9(14)19-2)8-6-10(15)20-3/h4-8H2,1-3H3. The van der Waals surface area contributed by atoms with Gasteiger partial charge in [-0.1, -0.05) is 0 Å². The Morgan fingerprint density at radius 1 is 1.05 bits per heavy atom. The van der Waals surface area contributed by atoms with Crippen LogP contribution < -0.4 is 0 Å². The third-order valence-corrected chi connectivity index (χ3v) is 2.95. The van der Waals surface area contributed by atoms with Crippen molar-refractivity contribution in [3.05, 3.63) is 10.1 Å². The molecule has 9 heteroatoms. The van der Waals surface area contributed by atoms with Gasteiger partial charge in [-0.15, -0.1) is 0 Å². The summed E-state index contributed by atoms with van der Waals surface area (Å²) < 4.78 is 13.5. The number of nitrogens with zero attached hydrogens (tertiary/aromatic N) is 1. The lowest BCUT2D eigenvalue weighted by Gasteiger charge is -2.22. The minimum Gasteiger partial charge on any atom is -0.469 e. The normalized spacial score (nSPS) is 10.6. The van der Waals surface area contributed by atoms with Gasteiger partial charge in [0.15, 0.2) is 0 Å². The molecule has 0 aliphatic carbocycles. The second-order valence-corrected chi connectivity index (χ2v) is 4.16. The quantitative estimate of drug-likeness (QED) is 0.261. The Labute approximate surface area is 121 Å². The van der Waals surface area contributed by atoms with Crippen LogP contribution in [0.15, 0.2) is 0 Å². The molecule has 0 rings (SSSR count). The van der Waals surface area contributed by atoms with Crippen molar-refractivity contribution in [2.45, 2.75) is 38.1 Å². The Morgan fingerprint density at radius 2 is 1.48 bits per heavy atom. The van der Waals surface area contributed by atoms with Crippen LogP contribution in [0.4, 0.5) is 0 Å². The van der Waals surface area contributed by atoms with E-state index in [4.69, 9.17) is 4.74 Å².